The first kappa shape index (κ1) is 17.2. The van der Waals surface area contributed by atoms with Gasteiger partial charge in [-0.1, -0.05) is 18.6 Å². The SMILES string of the molecule is COc1ccc(C2CCCCN(C(=O)c3ccc(=O)n(C)n3)C2)cc1. The number of aromatic nitrogens is 2. The molecule has 1 aliphatic rings. The molecule has 1 amide bonds. The zero-order valence-electron chi connectivity index (χ0n) is 14.6. The molecule has 25 heavy (non-hydrogen) atoms. The van der Waals surface area contributed by atoms with E-state index in [0.29, 0.717) is 18.2 Å². The molecule has 1 fully saturated rings. The number of nitrogens with zero attached hydrogens (tertiary/aromatic N) is 3. The summed E-state index contributed by atoms with van der Waals surface area (Å²) in [5, 5.41) is 4.10. The van der Waals surface area contributed by atoms with Crippen molar-refractivity contribution in [2.75, 3.05) is 20.2 Å². The van der Waals surface area contributed by atoms with Crippen LogP contribution in [0, 0.1) is 0 Å². The summed E-state index contributed by atoms with van der Waals surface area (Å²) in [5.41, 5.74) is 1.31. The minimum Gasteiger partial charge on any atom is -0.497 e. The smallest absolute Gasteiger partial charge is 0.274 e. The van der Waals surface area contributed by atoms with Gasteiger partial charge in [0, 0.05) is 32.1 Å². The van der Waals surface area contributed by atoms with E-state index < -0.39 is 0 Å². The molecule has 1 atom stereocenters. The molecule has 1 aromatic carbocycles. The molecule has 1 saturated heterocycles. The first-order valence-electron chi connectivity index (χ1n) is 8.56. The quantitative estimate of drug-likeness (QED) is 0.858. The fourth-order valence-corrected chi connectivity index (χ4v) is 3.25. The van der Waals surface area contributed by atoms with Crippen LogP contribution in [0.4, 0.5) is 0 Å². The number of ether oxygens (including phenoxy) is 1. The lowest BCUT2D eigenvalue weighted by atomic mass is 9.94. The summed E-state index contributed by atoms with van der Waals surface area (Å²) in [6, 6.07) is 11.0. The van der Waals surface area contributed by atoms with Gasteiger partial charge in [-0.25, -0.2) is 4.68 Å². The van der Waals surface area contributed by atoms with E-state index in [9.17, 15) is 9.59 Å². The molecule has 0 N–H and O–H groups in total. The van der Waals surface area contributed by atoms with Crippen molar-refractivity contribution < 1.29 is 9.53 Å². The lowest BCUT2D eigenvalue weighted by Gasteiger charge is -2.24. The monoisotopic (exact) mass is 341 g/mol. The van der Waals surface area contributed by atoms with Crippen LogP contribution in [0.2, 0.25) is 0 Å². The van der Waals surface area contributed by atoms with Gasteiger partial charge in [-0.2, -0.15) is 5.10 Å². The minimum absolute atomic E-state index is 0.115. The van der Waals surface area contributed by atoms with Crippen molar-refractivity contribution in [2.45, 2.75) is 25.2 Å². The number of carbonyl (C=O) groups excluding carboxylic acids is 1. The second kappa shape index (κ2) is 7.51. The predicted octanol–water partition coefficient (Wildman–Crippen LogP) is 2.20. The maximum Gasteiger partial charge on any atom is 0.274 e. The molecular formula is C19H23N3O3. The predicted molar refractivity (Wildman–Crippen MR) is 95.0 cm³/mol. The Morgan fingerprint density at radius 1 is 1.16 bits per heavy atom. The summed E-state index contributed by atoms with van der Waals surface area (Å²) in [6.07, 6.45) is 3.11. The normalized spacial score (nSPS) is 17.8. The maximum absolute atomic E-state index is 12.8. The third-order valence-corrected chi connectivity index (χ3v) is 4.73. The van der Waals surface area contributed by atoms with Crippen molar-refractivity contribution >= 4 is 5.91 Å². The number of rotatable bonds is 3. The number of hydrogen-bond acceptors (Lipinski definition) is 4. The van der Waals surface area contributed by atoms with Gasteiger partial charge in [0.15, 0.2) is 0 Å². The largest absolute Gasteiger partial charge is 0.497 e. The van der Waals surface area contributed by atoms with E-state index in [-0.39, 0.29) is 11.5 Å². The number of carbonyl (C=O) groups is 1. The zero-order chi connectivity index (χ0) is 17.8. The second-order valence-electron chi connectivity index (χ2n) is 6.40. The number of methoxy groups -OCH3 is 1. The number of benzene rings is 1. The van der Waals surface area contributed by atoms with Gasteiger partial charge in [0.1, 0.15) is 11.4 Å². The van der Waals surface area contributed by atoms with Crippen LogP contribution >= 0.6 is 0 Å². The molecule has 2 aromatic rings. The first-order chi connectivity index (χ1) is 12.1. The maximum atomic E-state index is 12.8. The van der Waals surface area contributed by atoms with E-state index in [2.05, 4.69) is 17.2 Å². The van der Waals surface area contributed by atoms with Gasteiger partial charge in [0.05, 0.1) is 7.11 Å². The van der Waals surface area contributed by atoms with E-state index in [1.165, 1.54) is 22.4 Å². The van der Waals surface area contributed by atoms with Crippen LogP contribution in [0.3, 0.4) is 0 Å². The topological polar surface area (TPSA) is 64.4 Å². The average Bonchev–Trinajstić information content (AvgIpc) is 2.90. The van der Waals surface area contributed by atoms with Crippen molar-refractivity contribution in [2.24, 2.45) is 7.05 Å². The van der Waals surface area contributed by atoms with Gasteiger partial charge < -0.3 is 9.64 Å². The summed E-state index contributed by atoms with van der Waals surface area (Å²) >= 11 is 0. The Labute approximate surface area is 147 Å². The summed E-state index contributed by atoms with van der Waals surface area (Å²) in [5.74, 6) is 1.01. The molecule has 0 bridgehead atoms. The van der Waals surface area contributed by atoms with Crippen LogP contribution in [0.1, 0.15) is 41.2 Å². The first-order valence-corrected chi connectivity index (χ1v) is 8.56. The van der Waals surface area contributed by atoms with E-state index in [4.69, 9.17) is 4.74 Å². The Bertz CT molecular complexity index is 798. The van der Waals surface area contributed by atoms with Crippen molar-refractivity contribution in [1.82, 2.24) is 14.7 Å². The Kier molecular flexibility index (Phi) is 5.16. The molecule has 0 spiro atoms. The van der Waals surface area contributed by atoms with Gasteiger partial charge in [0.25, 0.3) is 11.5 Å². The summed E-state index contributed by atoms with van der Waals surface area (Å²) < 4.78 is 6.42. The molecule has 0 saturated carbocycles. The molecule has 6 nitrogen and oxygen atoms in total. The molecule has 2 heterocycles. The third-order valence-electron chi connectivity index (χ3n) is 4.73. The second-order valence-corrected chi connectivity index (χ2v) is 6.40. The van der Waals surface area contributed by atoms with E-state index in [1.54, 1.807) is 14.2 Å². The Morgan fingerprint density at radius 3 is 2.60 bits per heavy atom. The van der Waals surface area contributed by atoms with Crippen molar-refractivity contribution in [3.63, 3.8) is 0 Å². The average molecular weight is 341 g/mol. The molecule has 1 aromatic heterocycles. The van der Waals surface area contributed by atoms with E-state index in [1.807, 2.05) is 17.0 Å². The zero-order valence-corrected chi connectivity index (χ0v) is 14.6. The fourth-order valence-electron chi connectivity index (χ4n) is 3.25. The Hall–Kier alpha value is -2.63. The highest BCUT2D eigenvalue weighted by atomic mass is 16.5. The standard InChI is InChI=1S/C19H23N3O3/c1-21-18(23)11-10-17(20-21)19(24)22-12-4-3-5-15(13-22)14-6-8-16(25-2)9-7-14/h6-11,15H,3-5,12-13H2,1-2H3. The Morgan fingerprint density at radius 2 is 1.92 bits per heavy atom. The summed E-state index contributed by atoms with van der Waals surface area (Å²) in [6.45, 7) is 1.38. The van der Waals surface area contributed by atoms with Crippen molar-refractivity contribution in [1.29, 1.82) is 0 Å². The molecule has 3 rings (SSSR count). The van der Waals surface area contributed by atoms with Gasteiger partial charge in [-0.05, 0) is 36.6 Å². The summed E-state index contributed by atoms with van der Waals surface area (Å²) in [7, 11) is 3.21. The molecule has 1 aliphatic heterocycles. The number of amides is 1. The molecular weight excluding hydrogens is 318 g/mol. The fraction of sp³-hybridized carbons (Fsp3) is 0.421. The third kappa shape index (κ3) is 3.90. The number of hydrogen-bond donors (Lipinski definition) is 0. The van der Waals surface area contributed by atoms with Crippen LogP contribution in [-0.2, 0) is 7.05 Å². The van der Waals surface area contributed by atoms with E-state index >= 15 is 0 Å². The molecule has 1 unspecified atom stereocenters. The van der Waals surface area contributed by atoms with Crippen LogP contribution in [-0.4, -0.2) is 40.8 Å². The summed E-state index contributed by atoms with van der Waals surface area (Å²) in [4.78, 5) is 26.2. The van der Waals surface area contributed by atoms with E-state index in [0.717, 1.165) is 31.6 Å². The molecule has 0 aliphatic carbocycles. The van der Waals surface area contributed by atoms with Gasteiger partial charge in [-0.3, -0.25) is 9.59 Å². The van der Waals surface area contributed by atoms with Crippen LogP contribution < -0.4 is 10.3 Å². The highest BCUT2D eigenvalue weighted by Crippen LogP contribution is 2.28. The van der Waals surface area contributed by atoms with Crippen LogP contribution in [0.15, 0.2) is 41.2 Å². The lowest BCUT2D eigenvalue weighted by Crippen LogP contribution is -2.36. The van der Waals surface area contributed by atoms with Crippen molar-refractivity contribution in [3.05, 3.63) is 58.0 Å². The molecule has 0 radical (unpaired) electrons. The highest BCUT2D eigenvalue weighted by Gasteiger charge is 2.25. The molecule has 132 valence electrons. The lowest BCUT2D eigenvalue weighted by molar-refractivity contribution is 0.0746. The molecule has 6 heteroatoms. The van der Waals surface area contributed by atoms with Crippen molar-refractivity contribution in [3.8, 4) is 5.75 Å². The van der Waals surface area contributed by atoms with Gasteiger partial charge in [0.2, 0.25) is 0 Å². The number of aryl methyl sites for hydroxylation is 1. The van der Waals surface area contributed by atoms with Crippen LogP contribution in [0.25, 0.3) is 0 Å². The minimum atomic E-state index is -0.219. The highest BCUT2D eigenvalue weighted by molar-refractivity contribution is 5.92. The Balaban J connectivity index is 1.79. The number of likely N-dealkylation sites (tertiary alicyclic amines) is 1. The van der Waals surface area contributed by atoms with Crippen LogP contribution in [0.5, 0.6) is 5.75 Å². The van der Waals surface area contributed by atoms with Gasteiger partial charge >= 0.3 is 0 Å². The van der Waals surface area contributed by atoms with Gasteiger partial charge in [-0.15, -0.1) is 0 Å².